The summed E-state index contributed by atoms with van der Waals surface area (Å²) in [5, 5.41) is 15.4. The normalized spacial score (nSPS) is 22.4. The highest BCUT2D eigenvalue weighted by molar-refractivity contribution is 7.11. The number of halogens is 1. The van der Waals surface area contributed by atoms with E-state index in [9.17, 15) is 4.79 Å². The fraction of sp³-hybridized carbons (Fsp3) is 0.318. The highest BCUT2D eigenvalue weighted by atomic mass is 35.5. The van der Waals surface area contributed by atoms with E-state index in [1.165, 1.54) is 10.5 Å². The van der Waals surface area contributed by atoms with Crippen LogP contribution >= 0.6 is 34.3 Å². The average molecular weight is 457 g/mol. The fourth-order valence-electron chi connectivity index (χ4n) is 4.26. The second-order valence-electron chi connectivity index (χ2n) is 7.46. The maximum atomic E-state index is 13.5. The van der Waals surface area contributed by atoms with E-state index < -0.39 is 0 Å². The van der Waals surface area contributed by atoms with E-state index in [1.807, 2.05) is 13.0 Å². The molecule has 3 aromatic rings. The Morgan fingerprint density at radius 3 is 2.83 bits per heavy atom. The summed E-state index contributed by atoms with van der Waals surface area (Å²) in [5.74, 6) is -0.0393. The molecule has 0 radical (unpaired) electrons. The van der Waals surface area contributed by atoms with Gasteiger partial charge < -0.3 is 0 Å². The quantitative estimate of drug-likeness (QED) is 0.475. The van der Waals surface area contributed by atoms with Crippen LogP contribution in [-0.4, -0.2) is 26.4 Å². The average Bonchev–Trinajstić information content (AvgIpc) is 3.53. The summed E-state index contributed by atoms with van der Waals surface area (Å²) in [6.07, 6.45) is 7.03. The molecule has 1 aliphatic carbocycles. The Morgan fingerprint density at radius 2 is 2.13 bits per heavy atom. The van der Waals surface area contributed by atoms with Gasteiger partial charge in [-0.2, -0.15) is 10.2 Å². The summed E-state index contributed by atoms with van der Waals surface area (Å²) >= 11 is 9.75. The van der Waals surface area contributed by atoms with Gasteiger partial charge in [0.1, 0.15) is 0 Å². The van der Waals surface area contributed by atoms with E-state index in [4.69, 9.17) is 16.7 Å². The van der Waals surface area contributed by atoms with Crippen molar-refractivity contribution in [3.63, 3.8) is 0 Å². The lowest BCUT2D eigenvalue weighted by atomic mass is 9.79. The van der Waals surface area contributed by atoms with Crippen LogP contribution in [0.2, 0.25) is 5.02 Å². The molecule has 0 spiro atoms. The summed E-state index contributed by atoms with van der Waals surface area (Å²) in [4.78, 5) is 15.9. The number of carbonyl (C=O) groups is 1. The number of thiophene rings is 2. The Kier molecular flexibility index (Phi) is 5.35. The Morgan fingerprint density at radius 1 is 1.30 bits per heavy atom. The zero-order chi connectivity index (χ0) is 20.7. The van der Waals surface area contributed by atoms with Crippen molar-refractivity contribution in [1.82, 2.24) is 14.8 Å². The summed E-state index contributed by atoms with van der Waals surface area (Å²) in [6, 6.07) is 8.20. The van der Waals surface area contributed by atoms with Gasteiger partial charge in [0.25, 0.3) is 5.91 Å². The molecule has 0 aromatic carbocycles. The molecule has 0 bridgehead atoms. The van der Waals surface area contributed by atoms with Crippen molar-refractivity contribution in [2.75, 3.05) is 0 Å². The molecule has 5 rings (SSSR count). The Balaban J connectivity index is 1.57. The van der Waals surface area contributed by atoms with Crippen LogP contribution in [0.25, 0.3) is 6.08 Å². The second-order valence-corrected chi connectivity index (χ2v) is 9.83. The van der Waals surface area contributed by atoms with Crippen LogP contribution < -0.4 is 0 Å². The van der Waals surface area contributed by atoms with E-state index >= 15 is 0 Å². The van der Waals surface area contributed by atoms with Crippen molar-refractivity contribution in [2.45, 2.75) is 38.8 Å². The molecule has 2 unspecified atom stereocenters. The van der Waals surface area contributed by atoms with Crippen LogP contribution in [0, 0.1) is 5.92 Å². The number of amides is 1. The third-order valence-electron chi connectivity index (χ3n) is 5.65. The Labute approximate surface area is 188 Å². The summed E-state index contributed by atoms with van der Waals surface area (Å²) in [6.45, 7) is 2.63. The van der Waals surface area contributed by atoms with Crippen LogP contribution in [0.5, 0.6) is 0 Å². The topological polar surface area (TPSA) is 50.5 Å². The minimum absolute atomic E-state index is 0.109. The number of hydrogen-bond donors (Lipinski definition) is 0. The van der Waals surface area contributed by atoms with Crippen molar-refractivity contribution < 1.29 is 4.79 Å². The van der Waals surface area contributed by atoms with E-state index in [-0.39, 0.29) is 23.6 Å². The lowest BCUT2D eigenvalue weighted by Gasteiger charge is -2.28. The Hall–Kier alpha value is -2.22. The van der Waals surface area contributed by atoms with Crippen molar-refractivity contribution >= 4 is 52.0 Å². The van der Waals surface area contributed by atoms with Crippen LogP contribution in [0.4, 0.5) is 0 Å². The number of fused-ring (bicyclic) bond motifs is 1. The maximum absolute atomic E-state index is 13.5. The van der Waals surface area contributed by atoms with Crippen LogP contribution in [0.3, 0.4) is 0 Å². The molecule has 1 fully saturated rings. The molecule has 5 nitrogen and oxygen atoms in total. The monoisotopic (exact) mass is 456 g/mol. The van der Waals surface area contributed by atoms with Gasteiger partial charge >= 0.3 is 0 Å². The van der Waals surface area contributed by atoms with Gasteiger partial charge in [0, 0.05) is 28.4 Å². The highest BCUT2D eigenvalue weighted by Crippen LogP contribution is 2.46. The molecule has 2 atom stereocenters. The second kappa shape index (κ2) is 8.13. The van der Waals surface area contributed by atoms with Crippen molar-refractivity contribution in [3.8, 4) is 0 Å². The number of aryl methyl sites for hydroxylation is 1. The number of allylic oxidation sites excluding steroid dienone is 1. The molecule has 2 aliphatic rings. The third kappa shape index (κ3) is 3.45. The molecule has 3 aromatic heterocycles. The molecular weight excluding hydrogens is 436 g/mol. The van der Waals surface area contributed by atoms with Gasteiger partial charge in [0.2, 0.25) is 0 Å². The van der Waals surface area contributed by atoms with Gasteiger partial charge in [-0.15, -0.1) is 22.7 Å². The molecule has 8 heteroatoms. The molecule has 0 saturated heterocycles. The van der Waals surface area contributed by atoms with Gasteiger partial charge in [0.15, 0.2) is 5.69 Å². The number of carbonyl (C=O) groups excluding carboxylic acids is 1. The zero-order valence-corrected chi connectivity index (χ0v) is 18.9. The number of aromatic nitrogens is 2. The van der Waals surface area contributed by atoms with Crippen LogP contribution in [0.1, 0.15) is 52.5 Å². The first kappa shape index (κ1) is 19.7. The number of hydrazone groups is 1. The molecule has 4 heterocycles. The smallest absolute Gasteiger partial charge is 0.271 e. The van der Waals surface area contributed by atoms with Gasteiger partial charge in [-0.05, 0) is 60.7 Å². The molecular formula is C22H21ClN4OS2. The predicted molar refractivity (Wildman–Crippen MR) is 123 cm³/mol. The highest BCUT2D eigenvalue weighted by Gasteiger charge is 2.45. The first-order valence-electron chi connectivity index (χ1n) is 10.1. The van der Waals surface area contributed by atoms with Crippen LogP contribution in [0.15, 0.2) is 51.9 Å². The van der Waals surface area contributed by atoms with Gasteiger partial charge in [-0.3, -0.25) is 9.48 Å². The number of rotatable bonds is 4. The van der Waals surface area contributed by atoms with E-state index in [2.05, 4.69) is 40.1 Å². The van der Waals surface area contributed by atoms with E-state index in [0.717, 1.165) is 29.9 Å². The molecule has 1 amide bonds. The lowest BCUT2D eigenvalue weighted by molar-refractivity contribution is 0.0677. The summed E-state index contributed by atoms with van der Waals surface area (Å²) in [5.41, 5.74) is 2.54. The minimum atomic E-state index is -0.233. The minimum Gasteiger partial charge on any atom is -0.271 e. The maximum Gasteiger partial charge on any atom is 0.296 e. The van der Waals surface area contributed by atoms with Gasteiger partial charge in [-0.1, -0.05) is 23.7 Å². The van der Waals surface area contributed by atoms with Crippen molar-refractivity contribution in [3.05, 3.63) is 67.3 Å². The van der Waals surface area contributed by atoms with Crippen LogP contribution in [-0.2, 0) is 6.54 Å². The molecule has 154 valence electrons. The number of nitrogens with zero attached hydrogens (tertiary/aromatic N) is 4. The largest absolute Gasteiger partial charge is 0.296 e. The van der Waals surface area contributed by atoms with E-state index in [1.54, 1.807) is 38.6 Å². The summed E-state index contributed by atoms with van der Waals surface area (Å²) in [7, 11) is 0. The molecule has 0 N–H and O–H groups in total. The van der Waals surface area contributed by atoms with E-state index in [0.29, 0.717) is 11.6 Å². The predicted octanol–water partition coefficient (Wildman–Crippen LogP) is 6.12. The van der Waals surface area contributed by atoms with Crippen molar-refractivity contribution in [1.29, 1.82) is 0 Å². The number of hydrogen-bond acceptors (Lipinski definition) is 5. The molecule has 30 heavy (non-hydrogen) atoms. The zero-order valence-electron chi connectivity index (χ0n) is 16.5. The Bertz CT molecular complexity index is 1110. The standard InChI is InChI=1S/C22H21ClN4OS2/c1-2-26-13-17(23)20(24-26)22(28)27-21(18-9-5-11-30-18)16-8-3-6-14(19(16)25-27)12-15-7-4-10-29-15/h4-5,7,9-13,16,21H,2-3,6,8H2,1H3. The first-order chi connectivity index (χ1) is 14.7. The molecule has 1 aliphatic heterocycles. The van der Waals surface area contributed by atoms with Crippen molar-refractivity contribution in [2.24, 2.45) is 11.0 Å². The summed E-state index contributed by atoms with van der Waals surface area (Å²) < 4.78 is 1.69. The first-order valence-corrected chi connectivity index (χ1v) is 12.2. The fourth-order valence-corrected chi connectivity index (χ4v) is 6.05. The van der Waals surface area contributed by atoms with Gasteiger partial charge in [0.05, 0.1) is 16.8 Å². The molecule has 1 saturated carbocycles. The van der Waals surface area contributed by atoms with Gasteiger partial charge in [-0.25, -0.2) is 5.01 Å². The SMILES string of the molecule is CCn1cc(Cl)c(C(=O)N2N=C3C(=Cc4cccs4)CCCC3C2c2cccs2)n1. The lowest BCUT2D eigenvalue weighted by Crippen LogP contribution is -2.31. The third-order valence-corrected chi connectivity index (χ3v) is 7.69.